The maximum Gasteiger partial charge on any atom is 0.238 e. The Kier molecular flexibility index (Phi) is 5.56. The molecular formula is C21H27N3OS. The van der Waals surface area contributed by atoms with Crippen molar-refractivity contribution < 1.29 is 4.79 Å². The lowest BCUT2D eigenvalue weighted by Gasteiger charge is -2.29. The summed E-state index contributed by atoms with van der Waals surface area (Å²) < 4.78 is 0. The van der Waals surface area contributed by atoms with Crippen LogP contribution >= 0.6 is 11.3 Å². The molecule has 5 heteroatoms. The lowest BCUT2D eigenvalue weighted by atomic mass is 10.1. The molecule has 1 atom stereocenters. The molecule has 1 N–H and O–H groups in total. The molecule has 0 radical (unpaired) electrons. The van der Waals surface area contributed by atoms with Crippen molar-refractivity contribution >= 4 is 28.6 Å². The molecule has 0 saturated carbocycles. The second-order valence-corrected chi connectivity index (χ2v) is 8.27. The van der Waals surface area contributed by atoms with Crippen LogP contribution in [0.2, 0.25) is 0 Å². The maximum absolute atomic E-state index is 12.5. The van der Waals surface area contributed by atoms with Crippen LogP contribution in [-0.4, -0.2) is 37.0 Å². The Balaban J connectivity index is 1.33. The van der Waals surface area contributed by atoms with E-state index in [0.29, 0.717) is 12.6 Å². The van der Waals surface area contributed by atoms with Gasteiger partial charge in [0.25, 0.3) is 0 Å². The van der Waals surface area contributed by atoms with Gasteiger partial charge in [-0.15, -0.1) is 11.3 Å². The molecule has 1 aromatic carbocycles. The Morgan fingerprint density at radius 3 is 2.58 bits per heavy atom. The first-order valence-corrected chi connectivity index (χ1v) is 10.6. The van der Waals surface area contributed by atoms with Crippen LogP contribution < -0.4 is 10.2 Å². The molecule has 0 bridgehead atoms. The predicted molar refractivity (Wildman–Crippen MR) is 109 cm³/mol. The van der Waals surface area contributed by atoms with E-state index in [-0.39, 0.29) is 5.91 Å². The molecule has 2 aliphatic rings. The van der Waals surface area contributed by atoms with Crippen molar-refractivity contribution in [3.8, 4) is 0 Å². The summed E-state index contributed by atoms with van der Waals surface area (Å²) in [6.45, 7) is 3.76. The molecule has 2 aliphatic heterocycles. The number of nitrogens with one attached hydrogen (secondary N) is 1. The molecule has 2 aromatic rings. The van der Waals surface area contributed by atoms with Crippen LogP contribution in [0.1, 0.15) is 43.0 Å². The number of nitrogens with zero attached hydrogens (tertiary/aromatic N) is 2. The number of rotatable bonds is 5. The van der Waals surface area contributed by atoms with Crippen molar-refractivity contribution in [1.29, 1.82) is 0 Å². The maximum atomic E-state index is 12.5. The monoisotopic (exact) mass is 369 g/mol. The number of anilines is 2. The third-order valence-electron chi connectivity index (χ3n) is 5.45. The molecule has 0 aliphatic carbocycles. The van der Waals surface area contributed by atoms with Gasteiger partial charge in [-0.3, -0.25) is 9.69 Å². The molecule has 138 valence electrons. The molecule has 26 heavy (non-hydrogen) atoms. The van der Waals surface area contributed by atoms with Crippen LogP contribution in [-0.2, 0) is 4.79 Å². The first-order valence-electron chi connectivity index (χ1n) is 9.72. The Morgan fingerprint density at radius 2 is 1.85 bits per heavy atom. The van der Waals surface area contributed by atoms with Gasteiger partial charge in [-0.05, 0) is 74.4 Å². The third kappa shape index (κ3) is 4.10. The second kappa shape index (κ2) is 8.23. The fourth-order valence-electron chi connectivity index (χ4n) is 4.11. The van der Waals surface area contributed by atoms with Gasteiger partial charge in [0, 0.05) is 35.4 Å². The number of hydrogen-bond donors (Lipinski definition) is 1. The molecule has 2 fully saturated rings. The van der Waals surface area contributed by atoms with Crippen LogP contribution in [0.15, 0.2) is 41.8 Å². The summed E-state index contributed by atoms with van der Waals surface area (Å²) in [5.41, 5.74) is 2.16. The van der Waals surface area contributed by atoms with Gasteiger partial charge in [0.2, 0.25) is 5.91 Å². The Morgan fingerprint density at radius 1 is 1.04 bits per heavy atom. The van der Waals surface area contributed by atoms with E-state index in [1.54, 1.807) is 11.3 Å². The lowest BCUT2D eigenvalue weighted by molar-refractivity contribution is -0.117. The summed E-state index contributed by atoms with van der Waals surface area (Å²) in [5.74, 6) is 0.0826. The Labute approximate surface area is 159 Å². The zero-order valence-electron chi connectivity index (χ0n) is 15.2. The minimum atomic E-state index is 0.0826. The van der Waals surface area contributed by atoms with Gasteiger partial charge in [0.15, 0.2) is 0 Å². The fraction of sp³-hybridized carbons (Fsp3) is 0.476. The van der Waals surface area contributed by atoms with Crippen LogP contribution in [0.5, 0.6) is 0 Å². The Hall–Kier alpha value is -1.85. The van der Waals surface area contributed by atoms with Crippen molar-refractivity contribution in [3.05, 3.63) is 46.7 Å². The van der Waals surface area contributed by atoms with Gasteiger partial charge < -0.3 is 10.2 Å². The van der Waals surface area contributed by atoms with Gasteiger partial charge in [-0.25, -0.2) is 0 Å². The fourth-order valence-corrected chi connectivity index (χ4v) is 5.01. The smallest absolute Gasteiger partial charge is 0.238 e. The highest BCUT2D eigenvalue weighted by Crippen LogP contribution is 2.34. The van der Waals surface area contributed by atoms with Crippen molar-refractivity contribution in [2.24, 2.45) is 0 Å². The SMILES string of the molecule is O=C(CN1CCC[C@H]1c1cccs1)Nc1ccc(N2CCCCC2)cc1. The third-order valence-corrected chi connectivity index (χ3v) is 6.43. The van der Waals surface area contributed by atoms with E-state index in [0.717, 1.165) is 31.7 Å². The number of hydrogen-bond acceptors (Lipinski definition) is 4. The van der Waals surface area contributed by atoms with Crippen LogP contribution in [0, 0.1) is 0 Å². The molecule has 3 heterocycles. The van der Waals surface area contributed by atoms with Gasteiger partial charge in [-0.1, -0.05) is 6.07 Å². The zero-order chi connectivity index (χ0) is 17.8. The summed E-state index contributed by atoms with van der Waals surface area (Å²) in [5, 5.41) is 5.19. The minimum absolute atomic E-state index is 0.0826. The average Bonchev–Trinajstić information content (AvgIpc) is 3.34. The number of piperidine rings is 1. The quantitative estimate of drug-likeness (QED) is 0.842. The van der Waals surface area contributed by atoms with Crippen LogP contribution in [0.4, 0.5) is 11.4 Å². The molecule has 4 rings (SSSR count). The molecule has 1 aromatic heterocycles. The molecule has 0 unspecified atom stereocenters. The number of amides is 1. The van der Waals surface area contributed by atoms with Crippen molar-refractivity contribution in [2.45, 2.75) is 38.1 Å². The summed E-state index contributed by atoms with van der Waals surface area (Å²) in [6.07, 6.45) is 6.21. The van der Waals surface area contributed by atoms with Crippen LogP contribution in [0.3, 0.4) is 0 Å². The first-order chi connectivity index (χ1) is 12.8. The van der Waals surface area contributed by atoms with Crippen molar-refractivity contribution in [3.63, 3.8) is 0 Å². The summed E-state index contributed by atoms with van der Waals surface area (Å²) in [4.78, 5) is 18.6. The molecule has 1 amide bonds. The molecule has 4 nitrogen and oxygen atoms in total. The predicted octanol–water partition coefficient (Wildman–Crippen LogP) is 4.51. The highest BCUT2D eigenvalue weighted by Gasteiger charge is 2.28. The van der Waals surface area contributed by atoms with Gasteiger partial charge in [0.05, 0.1) is 6.54 Å². The van der Waals surface area contributed by atoms with Gasteiger partial charge >= 0.3 is 0 Å². The minimum Gasteiger partial charge on any atom is -0.372 e. The molecule has 2 saturated heterocycles. The van der Waals surface area contributed by atoms with E-state index >= 15 is 0 Å². The number of likely N-dealkylation sites (tertiary alicyclic amines) is 1. The second-order valence-electron chi connectivity index (χ2n) is 7.29. The number of thiophene rings is 1. The highest BCUT2D eigenvalue weighted by molar-refractivity contribution is 7.10. The number of carbonyl (C=O) groups excluding carboxylic acids is 1. The van der Waals surface area contributed by atoms with E-state index in [1.807, 2.05) is 12.1 Å². The van der Waals surface area contributed by atoms with E-state index in [9.17, 15) is 4.79 Å². The normalized spacial score (nSPS) is 21.1. The van der Waals surface area contributed by atoms with E-state index in [1.165, 1.54) is 36.2 Å². The number of carbonyl (C=O) groups is 1. The zero-order valence-corrected chi connectivity index (χ0v) is 16.0. The Bertz CT molecular complexity index is 707. The summed E-state index contributed by atoms with van der Waals surface area (Å²) in [7, 11) is 0. The van der Waals surface area contributed by atoms with E-state index < -0.39 is 0 Å². The number of benzene rings is 1. The topological polar surface area (TPSA) is 35.6 Å². The summed E-state index contributed by atoms with van der Waals surface area (Å²) >= 11 is 1.79. The average molecular weight is 370 g/mol. The molecule has 0 spiro atoms. The molecular weight excluding hydrogens is 342 g/mol. The summed E-state index contributed by atoms with van der Waals surface area (Å²) in [6, 6.07) is 13.0. The first kappa shape index (κ1) is 17.6. The van der Waals surface area contributed by atoms with Gasteiger partial charge in [0.1, 0.15) is 0 Å². The lowest BCUT2D eigenvalue weighted by Crippen LogP contribution is -2.32. The van der Waals surface area contributed by atoms with Gasteiger partial charge in [-0.2, -0.15) is 0 Å². The standard InChI is InChI=1S/C21H27N3OS/c25-21(16-24-14-4-6-19(24)20-7-5-15-26-20)22-17-8-10-18(11-9-17)23-12-2-1-3-13-23/h5,7-11,15,19H,1-4,6,12-14,16H2,(H,22,25)/t19-/m0/s1. The van der Waals surface area contributed by atoms with E-state index in [4.69, 9.17) is 0 Å². The van der Waals surface area contributed by atoms with Crippen molar-refractivity contribution in [2.75, 3.05) is 36.4 Å². The highest BCUT2D eigenvalue weighted by atomic mass is 32.1. The van der Waals surface area contributed by atoms with E-state index in [2.05, 4.69) is 44.8 Å². The largest absolute Gasteiger partial charge is 0.372 e. The van der Waals surface area contributed by atoms with Crippen molar-refractivity contribution in [1.82, 2.24) is 4.90 Å². The van der Waals surface area contributed by atoms with Crippen LogP contribution in [0.25, 0.3) is 0 Å².